The predicted molar refractivity (Wildman–Crippen MR) is 89.3 cm³/mol. The molecule has 2 aliphatic rings. The number of anilines is 2. The van der Waals surface area contributed by atoms with Crippen LogP contribution >= 0.6 is 0 Å². The third kappa shape index (κ3) is 3.18. The van der Waals surface area contributed by atoms with Crippen LogP contribution in [-0.4, -0.2) is 32.3 Å². The number of ether oxygens (including phenoxy) is 1. The van der Waals surface area contributed by atoms with Crippen LogP contribution in [0, 0.1) is 6.92 Å². The fourth-order valence-corrected chi connectivity index (χ4v) is 3.94. The van der Waals surface area contributed by atoms with Gasteiger partial charge in [0.1, 0.15) is 0 Å². The molecular weight excluding hydrogens is 260 g/mol. The summed E-state index contributed by atoms with van der Waals surface area (Å²) >= 11 is 0. The maximum Gasteiger partial charge on any atom is 0.0702 e. The van der Waals surface area contributed by atoms with Crippen LogP contribution < -0.4 is 10.2 Å². The third-order valence-electron chi connectivity index (χ3n) is 5.07. The molecule has 1 aromatic carbocycles. The van der Waals surface area contributed by atoms with Crippen LogP contribution in [0.25, 0.3) is 0 Å². The van der Waals surface area contributed by atoms with Crippen molar-refractivity contribution in [3.05, 3.63) is 23.8 Å². The molecule has 1 aromatic rings. The average Bonchev–Trinajstić information content (AvgIpc) is 2.88. The summed E-state index contributed by atoms with van der Waals surface area (Å²) in [7, 11) is 4.21. The van der Waals surface area contributed by atoms with Crippen molar-refractivity contribution < 1.29 is 4.74 Å². The van der Waals surface area contributed by atoms with E-state index < -0.39 is 0 Å². The average molecular weight is 288 g/mol. The summed E-state index contributed by atoms with van der Waals surface area (Å²) in [4.78, 5) is 2.18. The lowest BCUT2D eigenvalue weighted by Gasteiger charge is -2.39. The summed E-state index contributed by atoms with van der Waals surface area (Å²) in [6.45, 7) is 3.07. The number of nitrogens with one attached hydrogen (secondary N) is 1. The Morgan fingerprint density at radius 1 is 1.24 bits per heavy atom. The van der Waals surface area contributed by atoms with Crippen molar-refractivity contribution >= 4 is 11.4 Å². The first-order valence-corrected chi connectivity index (χ1v) is 8.26. The lowest BCUT2D eigenvalue weighted by Crippen LogP contribution is -2.42. The summed E-state index contributed by atoms with van der Waals surface area (Å²) in [5.74, 6) is 0. The number of hydrogen-bond acceptors (Lipinski definition) is 3. The normalized spacial score (nSPS) is 24.2. The van der Waals surface area contributed by atoms with Crippen molar-refractivity contribution in [1.82, 2.24) is 0 Å². The van der Waals surface area contributed by atoms with E-state index >= 15 is 0 Å². The molecule has 1 aliphatic carbocycles. The molecule has 116 valence electrons. The SMILES string of the molecule is Cc1ccc(NC2CCOC3(CCCC3)C2)cc1N(C)C. The van der Waals surface area contributed by atoms with Crippen LogP contribution in [0.5, 0.6) is 0 Å². The molecule has 0 amide bonds. The molecule has 3 nitrogen and oxygen atoms in total. The van der Waals surface area contributed by atoms with Gasteiger partial charge in [-0.15, -0.1) is 0 Å². The maximum atomic E-state index is 6.13. The van der Waals surface area contributed by atoms with E-state index in [1.807, 2.05) is 0 Å². The summed E-state index contributed by atoms with van der Waals surface area (Å²) in [6, 6.07) is 7.24. The zero-order chi connectivity index (χ0) is 14.9. The molecular formula is C18H28N2O. The minimum atomic E-state index is 0.186. The molecule has 3 rings (SSSR count). The van der Waals surface area contributed by atoms with Crippen LogP contribution in [-0.2, 0) is 4.74 Å². The summed E-state index contributed by atoms with van der Waals surface area (Å²) in [5, 5.41) is 3.75. The van der Waals surface area contributed by atoms with Gasteiger partial charge in [0.2, 0.25) is 0 Å². The van der Waals surface area contributed by atoms with Gasteiger partial charge in [0.05, 0.1) is 5.60 Å². The number of aryl methyl sites for hydroxylation is 1. The van der Waals surface area contributed by atoms with Gasteiger partial charge in [-0.05, 0) is 50.3 Å². The molecule has 3 heteroatoms. The zero-order valence-electron chi connectivity index (χ0n) is 13.6. The first kappa shape index (κ1) is 14.7. The Balaban J connectivity index is 1.70. The molecule has 1 unspecified atom stereocenters. The molecule has 0 radical (unpaired) electrons. The molecule has 1 saturated heterocycles. The lowest BCUT2D eigenvalue weighted by atomic mass is 9.89. The lowest BCUT2D eigenvalue weighted by molar-refractivity contribution is -0.0767. The second-order valence-electron chi connectivity index (χ2n) is 6.97. The van der Waals surface area contributed by atoms with Gasteiger partial charge in [0, 0.05) is 38.1 Å². The number of nitrogens with zero attached hydrogens (tertiary/aromatic N) is 1. The van der Waals surface area contributed by atoms with Crippen molar-refractivity contribution in [2.75, 3.05) is 30.9 Å². The van der Waals surface area contributed by atoms with Gasteiger partial charge in [-0.25, -0.2) is 0 Å². The van der Waals surface area contributed by atoms with Gasteiger partial charge < -0.3 is 15.0 Å². The Bertz CT molecular complexity index is 492. The fourth-order valence-electron chi connectivity index (χ4n) is 3.94. The van der Waals surface area contributed by atoms with E-state index in [0.29, 0.717) is 6.04 Å². The van der Waals surface area contributed by atoms with Gasteiger partial charge in [0.25, 0.3) is 0 Å². The number of rotatable bonds is 3. The Labute approximate surface area is 128 Å². The highest BCUT2D eigenvalue weighted by molar-refractivity contribution is 5.62. The number of benzene rings is 1. The third-order valence-corrected chi connectivity index (χ3v) is 5.07. The van der Waals surface area contributed by atoms with E-state index in [0.717, 1.165) is 19.4 Å². The van der Waals surface area contributed by atoms with E-state index in [1.165, 1.54) is 42.6 Å². The van der Waals surface area contributed by atoms with E-state index in [9.17, 15) is 0 Å². The van der Waals surface area contributed by atoms with E-state index in [4.69, 9.17) is 4.74 Å². The predicted octanol–water partition coefficient (Wildman–Crippen LogP) is 3.96. The maximum absolute atomic E-state index is 6.13. The van der Waals surface area contributed by atoms with Crippen LogP contribution in [0.15, 0.2) is 18.2 Å². The van der Waals surface area contributed by atoms with Gasteiger partial charge in [-0.3, -0.25) is 0 Å². The van der Waals surface area contributed by atoms with Crippen molar-refractivity contribution in [2.24, 2.45) is 0 Å². The molecule has 0 bridgehead atoms. The Hall–Kier alpha value is -1.22. The van der Waals surface area contributed by atoms with Gasteiger partial charge in [-0.2, -0.15) is 0 Å². The summed E-state index contributed by atoms with van der Waals surface area (Å²) in [5.41, 5.74) is 4.04. The largest absolute Gasteiger partial charge is 0.382 e. The van der Waals surface area contributed by atoms with Crippen molar-refractivity contribution in [3.8, 4) is 0 Å². The number of hydrogen-bond donors (Lipinski definition) is 1. The highest BCUT2D eigenvalue weighted by atomic mass is 16.5. The Morgan fingerprint density at radius 2 is 2.00 bits per heavy atom. The van der Waals surface area contributed by atoms with Gasteiger partial charge >= 0.3 is 0 Å². The van der Waals surface area contributed by atoms with E-state index in [2.05, 4.69) is 49.4 Å². The second kappa shape index (κ2) is 5.88. The Kier molecular flexibility index (Phi) is 4.12. The first-order chi connectivity index (χ1) is 10.1. The first-order valence-electron chi connectivity index (χ1n) is 8.26. The summed E-state index contributed by atoms with van der Waals surface area (Å²) in [6.07, 6.45) is 7.46. The minimum Gasteiger partial charge on any atom is -0.382 e. The molecule has 21 heavy (non-hydrogen) atoms. The molecule has 1 heterocycles. The monoisotopic (exact) mass is 288 g/mol. The van der Waals surface area contributed by atoms with Gasteiger partial charge in [0.15, 0.2) is 0 Å². The van der Waals surface area contributed by atoms with Crippen molar-refractivity contribution in [2.45, 2.75) is 57.1 Å². The standard InChI is InChI=1S/C18H28N2O/c1-14-6-7-15(12-17(14)20(2)3)19-16-8-11-21-18(13-16)9-4-5-10-18/h6-7,12,16,19H,4-5,8-11,13H2,1-3H3. The van der Waals surface area contributed by atoms with Crippen LogP contribution in [0.3, 0.4) is 0 Å². The van der Waals surface area contributed by atoms with Crippen LogP contribution in [0.2, 0.25) is 0 Å². The highest BCUT2D eigenvalue weighted by Gasteiger charge is 2.39. The van der Waals surface area contributed by atoms with E-state index in [-0.39, 0.29) is 5.60 Å². The van der Waals surface area contributed by atoms with Crippen LogP contribution in [0.1, 0.15) is 44.1 Å². The molecule has 1 saturated carbocycles. The fraction of sp³-hybridized carbons (Fsp3) is 0.667. The molecule has 2 fully saturated rings. The molecule has 1 N–H and O–H groups in total. The summed E-state index contributed by atoms with van der Waals surface area (Å²) < 4.78 is 6.13. The molecule has 1 atom stereocenters. The Morgan fingerprint density at radius 3 is 2.71 bits per heavy atom. The molecule has 1 aliphatic heterocycles. The minimum absolute atomic E-state index is 0.186. The zero-order valence-corrected chi connectivity index (χ0v) is 13.6. The van der Waals surface area contributed by atoms with E-state index in [1.54, 1.807) is 0 Å². The highest BCUT2D eigenvalue weighted by Crippen LogP contribution is 2.40. The molecule has 1 spiro atoms. The second-order valence-corrected chi connectivity index (χ2v) is 6.97. The van der Waals surface area contributed by atoms with Crippen molar-refractivity contribution in [3.63, 3.8) is 0 Å². The van der Waals surface area contributed by atoms with Crippen molar-refractivity contribution in [1.29, 1.82) is 0 Å². The van der Waals surface area contributed by atoms with Crippen LogP contribution in [0.4, 0.5) is 11.4 Å². The molecule has 0 aromatic heterocycles. The van der Waals surface area contributed by atoms with Gasteiger partial charge in [-0.1, -0.05) is 18.9 Å². The smallest absolute Gasteiger partial charge is 0.0702 e. The quantitative estimate of drug-likeness (QED) is 0.911. The topological polar surface area (TPSA) is 24.5 Å².